The van der Waals surface area contributed by atoms with Gasteiger partial charge in [-0.3, -0.25) is 4.98 Å². The zero-order valence-corrected chi connectivity index (χ0v) is 11.7. The number of ether oxygens (including phenoxy) is 1. The van der Waals surface area contributed by atoms with E-state index in [1.807, 2.05) is 0 Å². The van der Waals surface area contributed by atoms with Gasteiger partial charge in [-0.15, -0.1) is 13.2 Å². The number of benzene rings is 1. The van der Waals surface area contributed by atoms with Crippen LogP contribution in [0.25, 0.3) is 11.1 Å². The molecule has 0 amide bonds. The molecule has 0 bridgehead atoms. The largest absolute Gasteiger partial charge is 0.573 e. The molecule has 126 valence electrons. The molecule has 3 nitrogen and oxygen atoms in total. The summed E-state index contributed by atoms with van der Waals surface area (Å²) in [5.41, 5.74) is -1.90. The van der Waals surface area contributed by atoms with E-state index in [2.05, 4.69) is 9.72 Å². The van der Waals surface area contributed by atoms with Crippen molar-refractivity contribution >= 4 is 0 Å². The van der Waals surface area contributed by atoms with Crippen LogP contribution in [0.4, 0.5) is 26.3 Å². The van der Waals surface area contributed by atoms with E-state index in [1.165, 1.54) is 12.1 Å². The molecule has 1 aromatic heterocycles. The highest BCUT2D eigenvalue weighted by Gasteiger charge is 2.37. The van der Waals surface area contributed by atoms with E-state index in [0.717, 1.165) is 24.4 Å². The maximum Gasteiger partial charge on any atom is 0.573 e. The van der Waals surface area contributed by atoms with Crippen molar-refractivity contribution in [2.45, 2.75) is 19.0 Å². The van der Waals surface area contributed by atoms with Crippen LogP contribution in [0.1, 0.15) is 11.3 Å². The molecule has 2 rings (SSSR count). The average Bonchev–Trinajstić information content (AvgIpc) is 2.45. The van der Waals surface area contributed by atoms with Crippen molar-refractivity contribution < 1.29 is 31.1 Å². The van der Waals surface area contributed by atoms with Crippen LogP contribution in [-0.4, -0.2) is 11.3 Å². The molecule has 0 radical (unpaired) electrons. The lowest BCUT2D eigenvalue weighted by molar-refractivity contribution is -0.274. The SMILES string of the molecule is N#CCc1ccnc(C(F)(F)F)c1-c1cccc(OC(F)(F)F)c1. The van der Waals surface area contributed by atoms with Crippen LogP contribution < -0.4 is 4.74 Å². The Hall–Kier alpha value is -2.76. The molecule has 0 aliphatic heterocycles. The van der Waals surface area contributed by atoms with Crippen LogP contribution in [0.15, 0.2) is 36.5 Å². The van der Waals surface area contributed by atoms with E-state index in [1.54, 1.807) is 6.07 Å². The molecule has 0 saturated heterocycles. The van der Waals surface area contributed by atoms with E-state index >= 15 is 0 Å². The average molecular weight is 346 g/mol. The van der Waals surface area contributed by atoms with Gasteiger partial charge in [0.05, 0.1) is 12.5 Å². The minimum absolute atomic E-state index is 0.00369. The van der Waals surface area contributed by atoms with Crippen LogP contribution in [-0.2, 0) is 12.6 Å². The summed E-state index contributed by atoms with van der Waals surface area (Å²) in [7, 11) is 0. The number of alkyl halides is 6. The van der Waals surface area contributed by atoms with Gasteiger partial charge < -0.3 is 4.74 Å². The van der Waals surface area contributed by atoms with Crippen molar-refractivity contribution in [1.82, 2.24) is 4.98 Å². The monoisotopic (exact) mass is 346 g/mol. The fourth-order valence-electron chi connectivity index (χ4n) is 2.12. The highest BCUT2D eigenvalue weighted by Crippen LogP contribution is 2.39. The molecule has 0 aliphatic rings. The smallest absolute Gasteiger partial charge is 0.406 e. The summed E-state index contributed by atoms with van der Waals surface area (Å²) >= 11 is 0. The summed E-state index contributed by atoms with van der Waals surface area (Å²) < 4.78 is 80.1. The predicted octanol–water partition coefficient (Wildman–Crippen LogP) is 4.73. The Bertz CT molecular complexity index is 777. The van der Waals surface area contributed by atoms with Crippen molar-refractivity contribution in [1.29, 1.82) is 5.26 Å². The topological polar surface area (TPSA) is 45.9 Å². The first-order valence-electron chi connectivity index (χ1n) is 6.40. The number of nitrogens with zero attached hydrogens (tertiary/aromatic N) is 2. The lowest BCUT2D eigenvalue weighted by Gasteiger charge is -2.16. The second-order valence-corrected chi connectivity index (χ2v) is 4.60. The summed E-state index contributed by atoms with van der Waals surface area (Å²) in [4.78, 5) is 3.28. The van der Waals surface area contributed by atoms with Gasteiger partial charge in [-0.05, 0) is 29.3 Å². The van der Waals surface area contributed by atoms with Crippen LogP contribution in [0.5, 0.6) is 5.75 Å². The second-order valence-electron chi connectivity index (χ2n) is 4.60. The number of nitriles is 1. The molecule has 0 atom stereocenters. The molecule has 2 aromatic rings. The molecule has 1 heterocycles. The molecule has 0 aliphatic carbocycles. The molecule has 9 heteroatoms. The molecule has 0 unspecified atom stereocenters. The van der Waals surface area contributed by atoms with Gasteiger partial charge in [-0.25, -0.2) is 0 Å². The van der Waals surface area contributed by atoms with Gasteiger partial charge >= 0.3 is 12.5 Å². The van der Waals surface area contributed by atoms with Crippen LogP contribution in [0, 0.1) is 11.3 Å². The fraction of sp³-hybridized carbons (Fsp3) is 0.200. The number of halogens is 6. The Morgan fingerprint density at radius 3 is 2.38 bits per heavy atom. The maximum absolute atomic E-state index is 13.2. The van der Waals surface area contributed by atoms with Gasteiger partial charge in [-0.1, -0.05) is 12.1 Å². The number of hydrogen-bond acceptors (Lipinski definition) is 3. The van der Waals surface area contributed by atoms with Crippen LogP contribution >= 0.6 is 0 Å². The quantitative estimate of drug-likeness (QED) is 0.755. The number of rotatable bonds is 3. The Balaban J connectivity index is 2.63. The summed E-state index contributed by atoms with van der Waals surface area (Å²) in [6.45, 7) is 0. The molecule has 0 saturated carbocycles. The zero-order valence-electron chi connectivity index (χ0n) is 11.7. The summed E-state index contributed by atoms with van der Waals surface area (Å²) in [5, 5.41) is 8.77. The van der Waals surface area contributed by atoms with Gasteiger partial charge in [0.15, 0.2) is 5.69 Å². The molecular formula is C15H8F6N2O. The highest BCUT2D eigenvalue weighted by atomic mass is 19.4. The fourth-order valence-corrected chi connectivity index (χ4v) is 2.12. The van der Waals surface area contributed by atoms with Gasteiger partial charge in [0, 0.05) is 11.8 Å². The van der Waals surface area contributed by atoms with Crippen molar-refractivity contribution in [3.05, 3.63) is 47.8 Å². The van der Waals surface area contributed by atoms with Crippen molar-refractivity contribution in [3.63, 3.8) is 0 Å². The molecule has 0 spiro atoms. The normalized spacial score (nSPS) is 11.9. The summed E-state index contributed by atoms with van der Waals surface area (Å²) in [5.74, 6) is -0.667. The molecule has 24 heavy (non-hydrogen) atoms. The predicted molar refractivity (Wildman–Crippen MR) is 70.7 cm³/mol. The van der Waals surface area contributed by atoms with E-state index in [0.29, 0.717) is 0 Å². The Kier molecular flexibility index (Phi) is 4.68. The third kappa shape index (κ3) is 4.16. The van der Waals surface area contributed by atoms with Crippen LogP contribution in [0.3, 0.4) is 0 Å². The maximum atomic E-state index is 13.2. The molecule has 1 aromatic carbocycles. The minimum atomic E-state index is -4.98. The molecule has 0 N–H and O–H groups in total. The third-order valence-electron chi connectivity index (χ3n) is 2.93. The zero-order chi connectivity index (χ0) is 18.0. The lowest BCUT2D eigenvalue weighted by Crippen LogP contribution is -2.17. The molecular weight excluding hydrogens is 338 g/mol. The Labute approximate surface area is 132 Å². The van der Waals surface area contributed by atoms with Gasteiger partial charge in [0.2, 0.25) is 0 Å². The van der Waals surface area contributed by atoms with Crippen molar-refractivity contribution in [3.8, 4) is 22.9 Å². The first-order chi connectivity index (χ1) is 11.1. The van der Waals surface area contributed by atoms with Gasteiger partial charge in [0.1, 0.15) is 5.75 Å². The lowest BCUT2D eigenvalue weighted by atomic mass is 9.96. The molecule has 0 fully saturated rings. The standard InChI is InChI=1S/C15H8F6N2O/c16-14(17,18)13-12(9(4-6-22)5-7-23-13)10-2-1-3-11(8-10)24-15(19,20)21/h1-3,5,7-8H,4H2. The van der Waals surface area contributed by atoms with E-state index in [9.17, 15) is 26.3 Å². The second kappa shape index (κ2) is 6.39. The number of hydrogen-bond donors (Lipinski definition) is 0. The van der Waals surface area contributed by atoms with E-state index < -0.39 is 29.5 Å². The highest BCUT2D eigenvalue weighted by molar-refractivity contribution is 5.72. The number of pyridine rings is 1. The minimum Gasteiger partial charge on any atom is -0.406 e. The summed E-state index contributed by atoms with van der Waals surface area (Å²) in [6, 6.07) is 7.03. The third-order valence-corrected chi connectivity index (χ3v) is 2.93. The first-order valence-corrected chi connectivity index (χ1v) is 6.40. The van der Waals surface area contributed by atoms with Gasteiger partial charge in [0.25, 0.3) is 0 Å². The Morgan fingerprint density at radius 1 is 1.08 bits per heavy atom. The number of aromatic nitrogens is 1. The van der Waals surface area contributed by atoms with Crippen molar-refractivity contribution in [2.75, 3.05) is 0 Å². The summed E-state index contributed by atoms with van der Waals surface area (Å²) in [6.07, 6.45) is -9.27. The van der Waals surface area contributed by atoms with Gasteiger partial charge in [-0.2, -0.15) is 18.4 Å². The first kappa shape index (κ1) is 17.6. The van der Waals surface area contributed by atoms with Crippen LogP contribution in [0.2, 0.25) is 0 Å². The van der Waals surface area contributed by atoms with Crippen molar-refractivity contribution in [2.24, 2.45) is 0 Å². The van der Waals surface area contributed by atoms with E-state index in [4.69, 9.17) is 5.26 Å². The Morgan fingerprint density at radius 2 is 1.79 bits per heavy atom. The van der Waals surface area contributed by atoms with E-state index in [-0.39, 0.29) is 17.5 Å².